The van der Waals surface area contributed by atoms with Gasteiger partial charge in [0, 0.05) is 11.0 Å². The molecule has 106 valence electrons. The van der Waals surface area contributed by atoms with Gasteiger partial charge in [0.05, 0.1) is 10.6 Å². The fraction of sp³-hybridized carbons (Fsp3) is 0.143. The summed E-state index contributed by atoms with van der Waals surface area (Å²) in [7, 11) is -3.49. The standard InChI is InChI=1S/C14H13BrFNO2S/c15-12-2-1-3-14(7-12)20(18,19)9-10-4-5-13(16)6-11(10)8-17/h1-7H,8-9,17H2. The highest BCUT2D eigenvalue weighted by molar-refractivity contribution is 9.10. The van der Waals surface area contributed by atoms with Crippen LogP contribution < -0.4 is 5.73 Å². The average molecular weight is 358 g/mol. The Balaban J connectivity index is 2.38. The summed E-state index contributed by atoms with van der Waals surface area (Å²) in [4.78, 5) is 0.221. The molecule has 0 unspecified atom stereocenters. The molecule has 0 bridgehead atoms. The van der Waals surface area contributed by atoms with Crippen molar-refractivity contribution in [3.63, 3.8) is 0 Å². The molecule has 2 aromatic carbocycles. The summed E-state index contributed by atoms with van der Waals surface area (Å²) in [6.07, 6.45) is 0. The van der Waals surface area contributed by atoms with E-state index in [4.69, 9.17) is 5.73 Å². The lowest BCUT2D eigenvalue weighted by molar-refractivity contribution is 0.594. The van der Waals surface area contributed by atoms with Crippen LogP contribution in [0.1, 0.15) is 11.1 Å². The van der Waals surface area contributed by atoms with Crippen LogP contribution in [-0.2, 0) is 22.1 Å². The van der Waals surface area contributed by atoms with Crippen LogP contribution in [0.5, 0.6) is 0 Å². The molecule has 0 atom stereocenters. The van der Waals surface area contributed by atoms with E-state index < -0.39 is 15.7 Å². The third-order valence-electron chi connectivity index (χ3n) is 2.89. The van der Waals surface area contributed by atoms with Crippen molar-refractivity contribution >= 4 is 25.8 Å². The van der Waals surface area contributed by atoms with E-state index in [-0.39, 0.29) is 17.2 Å². The zero-order chi connectivity index (χ0) is 14.8. The second-order valence-electron chi connectivity index (χ2n) is 4.33. The van der Waals surface area contributed by atoms with Crippen LogP contribution in [-0.4, -0.2) is 8.42 Å². The molecule has 0 saturated heterocycles. The Labute approximate surface area is 125 Å². The van der Waals surface area contributed by atoms with Gasteiger partial charge < -0.3 is 5.73 Å². The van der Waals surface area contributed by atoms with Gasteiger partial charge in [-0.2, -0.15) is 0 Å². The van der Waals surface area contributed by atoms with Gasteiger partial charge in [-0.25, -0.2) is 12.8 Å². The van der Waals surface area contributed by atoms with E-state index in [1.807, 2.05) is 0 Å². The first kappa shape index (κ1) is 15.2. The fourth-order valence-electron chi connectivity index (χ4n) is 1.87. The molecular formula is C14H13BrFNO2S. The number of hydrogen-bond donors (Lipinski definition) is 1. The molecule has 0 fully saturated rings. The van der Waals surface area contributed by atoms with Crippen molar-refractivity contribution in [2.24, 2.45) is 5.73 Å². The van der Waals surface area contributed by atoms with Crippen LogP contribution >= 0.6 is 15.9 Å². The predicted octanol–water partition coefficient (Wildman–Crippen LogP) is 3.02. The predicted molar refractivity (Wildman–Crippen MR) is 79.3 cm³/mol. The summed E-state index contributed by atoms with van der Waals surface area (Å²) in [5.74, 6) is -0.620. The Bertz CT molecular complexity index is 732. The normalized spacial score (nSPS) is 11.6. The van der Waals surface area contributed by atoms with Crippen molar-refractivity contribution in [2.45, 2.75) is 17.2 Å². The minimum atomic E-state index is -3.49. The molecule has 0 heterocycles. The molecule has 0 spiro atoms. The molecule has 6 heteroatoms. The molecule has 0 aliphatic heterocycles. The Kier molecular flexibility index (Phi) is 4.57. The molecule has 2 N–H and O–H groups in total. The summed E-state index contributed by atoms with van der Waals surface area (Å²) in [5.41, 5.74) is 6.56. The summed E-state index contributed by atoms with van der Waals surface area (Å²) in [6, 6.07) is 10.5. The van der Waals surface area contributed by atoms with Crippen molar-refractivity contribution in [2.75, 3.05) is 0 Å². The number of rotatable bonds is 4. The van der Waals surface area contributed by atoms with Gasteiger partial charge in [-0.15, -0.1) is 0 Å². The zero-order valence-electron chi connectivity index (χ0n) is 10.5. The SMILES string of the molecule is NCc1cc(F)ccc1CS(=O)(=O)c1cccc(Br)c1. The van der Waals surface area contributed by atoms with Gasteiger partial charge in [0.1, 0.15) is 5.82 Å². The Hall–Kier alpha value is -1.24. The van der Waals surface area contributed by atoms with Crippen molar-refractivity contribution in [3.05, 3.63) is 63.9 Å². The number of sulfone groups is 1. The first-order valence-electron chi connectivity index (χ1n) is 5.88. The van der Waals surface area contributed by atoms with Crippen molar-refractivity contribution in [1.29, 1.82) is 0 Å². The van der Waals surface area contributed by atoms with E-state index in [9.17, 15) is 12.8 Å². The topological polar surface area (TPSA) is 60.2 Å². The molecule has 0 aliphatic rings. The highest BCUT2D eigenvalue weighted by Crippen LogP contribution is 2.22. The second kappa shape index (κ2) is 6.03. The van der Waals surface area contributed by atoms with Gasteiger partial charge in [0.2, 0.25) is 0 Å². The Morgan fingerprint density at radius 2 is 1.85 bits per heavy atom. The molecule has 3 nitrogen and oxygen atoms in total. The van der Waals surface area contributed by atoms with Crippen LogP contribution in [0.2, 0.25) is 0 Å². The molecular weight excluding hydrogens is 345 g/mol. The fourth-order valence-corrected chi connectivity index (χ4v) is 3.87. The van der Waals surface area contributed by atoms with Gasteiger partial charge in [0.15, 0.2) is 9.84 Å². The zero-order valence-corrected chi connectivity index (χ0v) is 12.9. The summed E-state index contributed by atoms with van der Waals surface area (Å²) >= 11 is 3.24. The Morgan fingerprint density at radius 1 is 1.10 bits per heavy atom. The maximum atomic E-state index is 13.1. The average Bonchev–Trinajstić information content (AvgIpc) is 2.40. The molecule has 0 amide bonds. The minimum Gasteiger partial charge on any atom is -0.326 e. The van der Waals surface area contributed by atoms with Crippen LogP contribution in [0.15, 0.2) is 51.8 Å². The minimum absolute atomic E-state index is 0.0983. The van der Waals surface area contributed by atoms with Crippen molar-refractivity contribution in [3.8, 4) is 0 Å². The molecule has 0 aromatic heterocycles. The smallest absolute Gasteiger partial charge is 0.182 e. The van der Waals surface area contributed by atoms with Gasteiger partial charge in [-0.1, -0.05) is 28.1 Å². The maximum absolute atomic E-state index is 13.1. The molecule has 2 aromatic rings. The van der Waals surface area contributed by atoms with E-state index in [1.54, 1.807) is 18.2 Å². The van der Waals surface area contributed by atoms with Gasteiger partial charge >= 0.3 is 0 Å². The third kappa shape index (κ3) is 3.45. The number of nitrogens with two attached hydrogens (primary N) is 1. The highest BCUT2D eigenvalue weighted by Gasteiger charge is 2.17. The van der Waals surface area contributed by atoms with E-state index in [1.165, 1.54) is 24.3 Å². The second-order valence-corrected chi connectivity index (χ2v) is 7.24. The molecule has 0 radical (unpaired) electrons. The monoisotopic (exact) mass is 357 g/mol. The van der Waals surface area contributed by atoms with Crippen LogP contribution in [0.3, 0.4) is 0 Å². The number of hydrogen-bond acceptors (Lipinski definition) is 3. The van der Waals surface area contributed by atoms with Crippen LogP contribution in [0.4, 0.5) is 4.39 Å². The van der Waals surface area contributed by atoms with Gasteiger partial charge in [-0.3, -0.25) is 0 Å². The lowest BCUT2D eigenvalue weighted by Gasteiger charge is -2.09. The van der Waals surface area contributed by atoms with Gasteiger partial charge in [-0.05, 0) is 41.5 Å². The summed E-state index contributed by atoms with van der Waals surface area (Å²) in [6.45, 7) is 0.0983. The van der Waals surface area contributed by atoms with Crippen LogP contribution in [0.25, 0.3) is 0 Å². The lowest BCUT2D eigenvalue weighted by Crippen LogP contribution is -2.09. The largest absolute Gasteiger partial charge is 0.326 e. The molecule has 2 rings (SSSR count). The third-order valence-corrected chi connectivity index (χ3v) is 5.05. The molecule has 20 heavy (non-hydrogen) atoms. The summed E-state index contributed by atoms with van der Waals surface area (Å²) in [5, 5.41) is 0. The van der Waals surface area contributed by atoms with E-state index >= 15 is 0 Å². The molecule has 0 aliphatic carbocycles. The van der Waals surface area contributed by atoms with Gasteiger partial charge in [0.25, 0.3) is 0 Å². The maximum Gasteiger partial charge on any atom is 0.182 e. The number of benzene rings is 2. The first-order valence-corrected chi connectivity index (χ1v) is 8.32. The van der Waals surface area contributed by atoms with E-state index in [0.717, 1.165) is 0 Å². The lowest BCUT2D eigenvalue weighted by atomic mass is 10.1. The van der Waals surface area contributed by atoms with E-state index in [2.05, 4.69) is 15.9 Å². The molecule has 0 saturated carbocycles. The van der Waals surface area contributed by atoms with Crippen molar-refractivity contribution < 1.29 is 12.8 Å². The quantitative estimate of drug-likeness (QED) is 0.914. The first-order chi connectivity index (χ1) is 9.42. The van der Waals surface area contributed by atoms with Crippen LogP contribution in [0, 0.1) is 5.82 Å². The highest BCUT2D eigenvalue weighted by atomic mass is 79.9. The Morgan fingerprint density at radius 3 is 2.50 bits per heavy atom. The van der Waals surface area contributed by atoms with Crippen molar-refractivity contribution in [1.82, 2.24) is 0 Å². The number of halogens is 2. The van der Waals surface area contributed by atoms with E-state index in [0.29, 0.717) is 15.6 Å². The summed E-state index contributed by atoms with van der Waals surface area (Å²) < 4.78 is 38.5.